The quantitative estimate of drug-likeness (QED) is 0.785. The summed E-state index contributed by atoms with van der Waals surface area (Å²) >= 11 is 5.83. The minimum atomic E-state index is -0.724. The summed E-state index contributed by atoms with van der Waals surface area (Å²) in [5, 5.41) is 9.22. The second-order valence-electron chi connectivity index (χ2n) is 5.56. The SMILES string of the molecule is O=C(O)C1CCC2C(C1)NNC2c1ccc(F)c(Cl)c1. The second kappa shape index (κ2) is 5.31. The summed E-state index contributed by atoms with van der Waals surface area (Å²) < 4.78 is 13.2. The molecule has 4 unspecified atom stereocenters. The lowest BCUT2D eigenvalue weighted by molar-refractivity contribution is -0.143. The van der Waals surface area contributed by atoms with Crippen molar-refractivity contribution < 1.29 is 14.3 Å². The van der Waals surface area contributed by atoms with E-state index in [0.29, 0.717) is 18.8 Å². The smallest absolute Gasteiger partial charge is 0.306 e. The van der Waals surface area contributed by atoms with Gasteiger partial charge in [-0.15, -0.1) is 0 Å². The number of nitrogens with one attached hydrogen (secondary N) is 2. The zero-order valence-corrected chi connectivity index (χ0v) is 11.5. The fourth-order valence-corrected chi connectivity index (χ4v) is 3.51. The van der Waals surface area contributed by atoms with Crippen LogP contribution in [0.4, 0.5) is 4.39 Å². The number of hydrogen-bond acceptors (Lipinski definition) is 3. The Labute approximate surface area is 121 Å². The lowest BCUT2D eigenvalue weighted by Crippen LogP contribution is -2.38. The number of halogens is 2. The van der Waals surface area contributed by atoms with E-state index in [-0.39, 0.29) is 23.0 Å². The fraction of sp³-hybridized carbons (Fsp3) is 0.500. The molecule has 1 aromatic rings. The Morgan fingerprint density at radius 2 is 2.15 bits per heavy atom. The van der Waals surface area contributed by atoms with Crippen LogP contribution in [0.15, 0.2) is 18.2 Å². The molecule has 20 heavy (non-hydrogen) atoms. The molecule has 2 aliphatic rings. The van der Waals surface area contributed by atoms with Crippen molar-refractivity contribution in [3.05, 3.63) is 34.6 Å². The van der Waals surface area contributed by atoms with Gasteiger partial charge in [-0.3, -0.25) is 10.2 Å². The number of benzene rings is 1. The Kier molecular flexibility index (Phi) is 3.67. The van der Waals surface area contributed by atoms with Crippen LogP contribution >= 0.6 is 11.6 Å². The van der Waals surface area contributed by atoms with Crippen molar-refractivity contribution in [3.8, 4) is 0 Å². The lowest BCUT2D eigenvalue weighted by atomic mass is 9.75. The monoisotopic (exact) mass is 298 g/mol. The first-order valence-electron chi connectivity index (χ1n) is 6.75. The Morgan fingerprint density at radius 3 is 2.85 bits per heavy atom. The Morgan fingerprint density at radius 1 is 1.35 bits per heavy atom. The average Bonchev–Trinajstić information content (AvgIpc) is 2.84. The van der Waals surface area contributed by atoms with Gasteiger partial charge in [-0.1, -0.05) is 17.7 Å². The second-order valence-corrected chi connectivity index (χ2v) is 5.97. The van der Waals surface area contributed by atoms with Crippen LogP contribution in [0.5, 0.6) is 0 Å². The molecule has 6 heteroatoms. The number of aliphatic carboxylic acids is 1. The average molecular weight is 299 g/mol. The van der Waals surface area contributed by atoms with Crippen molar-refractivity contribution >= 4 is 17.6 Å². The first-order chi connectivity index (χ1) is 9.56. The number of carbonyl (C=O) groups is 1. The maximum atomic E-state index is 13.2. The Hall–Kier alpha value is -1.17. The third-order valence-electron chi connectivity index (χ3n) is 4.41. The standard InChI is InChI=1S/C14H16ClFN2O2/c15-10-5-7(2-4-11(10)16)13-9-3-1-8(14(19)20)6-12(9)17-18-13/h2,4-5,8-9,12-13,17-18H,1,3,6H2,(H,19,20). The molecule has 108 valence electrons. The van der Waals surface area contributed by atoms with Gasteiger partial charge in [0.25, 0.3) is 0 Å². The highest BCUT2D eigenvalue weighted by molar-refractivity contribution is 6.30. The van der Waals surface area contributed by atoms with Crippen molar-refractivity contribution in [3.63, 3.8) is 0 Å². The summed E-state index contributed by atoms with van der Waals surface area (Å²) in [6, 6.07) is 4.93. The largest absolute Gasteiger partial charge is 0.481 e. The first kappa shape index (κ1) is 13.8. The van der Waals surface area contributed by atoms with Gasteiger partial charge in [0.15, 0.2) is 0 Å². The topological polar surface area (TPSA) is 61.4 Å². The van der Waals surface area contributed by atoms with Crippen LogP contribution in [0.1, 0.15) is 30.9 Å². The molecule has 1 heterocycles. The first-order valence-corrected chi connectivity index (χ1v) is 7.13. The van der Waals surface area contributed by atoms with Crippen LogP contribution in [-0.2, 0) is 4.79 Å². The molecule has 0 amide bonds. The number of fused-ring (bicyclic) bond motifs is 1. The van der Waals surface area contributed by atoms with Crippen molar-refractivity contribution in [1.29, 1.82) is 0 Å². The third kappa shape index (κ3) is 2.41. The number of rotatable bonds is 2. The fourth-order valence-electron chi connectivity index (χ4n) is 3.32. The van der Waals surface area contributed by atoms with E-state index >= 15 is 0 Å². The molecule has 4 atom stereocenters. The maximum absolute atomic E-state index is 13.2. The van der Waals surface area contributed by atoms with E-state index in [4.69, 9.17) is 16.7 Å². The predicted molar refractivity (Wildman–Crippen MR) is 72.7 cm³/mol. The van der Waals surface area contributed by atoms with E-state index in [9.17, 15) is 9.18 Å². The molecule has 0 bridgehead atoms. The molecular formula is C14H16ClFN2O2. The molecule has 0 radical (unpaired) electrons. The van der Waals surface area contributed by atoms with Gasteiger partial charge in [-0.2, -0.15) is 0 Å². The summed E-state index contributed by atoms with van der Waals surface area (Å²) in [5.74, 6) is -1.11. The molecule has 1 aromatic carbocycles. The van der Waals surface area contributed by atoms with E-state index < -0.39 is 11.8 Å². The maximum Gasteiger partial charge on any atom is 0.306 e. The van der Waals surface area contributed by atoms with E-state index in [0.717, 1.165) is 12.0 Å². The van der Waals surface area contributed by atoms with Crippen molar-refractivity contribution in [1.82, 2.24) is 10.9 Å². The van der Waals surface area contributed by atoms with Crippen LogP contribution in [0.3, 0.4) is 0 Å². The van der Waals surface area contributed by atoms with Crippen molar-refractivity contribution in [2.75, 3.05) is 0 Å². The van der Waals surface area contributed by atoms with Crippen LogP contribution in [0, 0.1) is 17.7 Å². The molecule has 0 spiro atoms. The molecule has 3 N–H and O–H groups in total. The molecule has 1 aliphatic carbocycles. The van der Waals surface area contributed by atoms with Crippen molar-refractivity contribution in [2.45, 2.75) is 31.3 Å². The van der Waals surface area contributed by atoms with Gasteiger partial charge in [0.1, 0.15) is 5.82 Å². The van der Waals surface area contributed by atoms with Crippen LogP contribution in [0.2, 0.25) is 5.02 Å². The highest BCUT2D eigenvalue weighted by Crippen LogP contribution is 2.40. The van der Waals surface area contributed by atoms with E-state index in [2.05, 4.69) is 10.9 Å². The van der Waals surface area contributed by atoms with Gasteiger partial charge in [-0.05, 0) is 42.9 Å². The lowest BCUT2D eigenvalue weighted by Gasteiger charge is -2.31. The molecule has 0 aromatic heterocycles. The molecule has 4 nitrogen and oxygen atoms in total. The summed E-state index contributed by atoms with van der Waals surface area (Å²) in [5.41, 5.74) is 7.31. The van der Waals surface area contributed by atoms with E-state index in [1.54, 1.807) is 12.1 Å². The highest BCUT2D eigenvalue weighted by atomic mass is 35.5. The summed E-state index contributed by atoms with van der Waals surface area (Å²) in [6.45, 7) is 0. The van der Waals surface area contributed by atoms with Crippen LogP contribution in [-0.4, -0.2) is 17.1 Å². The molecular weight excluding hydrogens is 283 g/mol. The molecule has 1 saturated carbocycles. The number of hydrogen-bond donors (Lipinski definition) is 3. The predicted octanol–water partition coefficient (Wildman–Crippen LogP) is 2.50. The van der Waals surface area contributed by atoms with E-state index in [1.165, 1.54) is 6.07 Å². The molecule has 2 fully saturated rings. The van der Waals surface area contributed by atoms with E-state index in [1.807, 2.05) is 0 Å². The van der Waals surface area contributed by atoms with Gasteiger partial charge >= 0.3 is 5.97 Å². The highest BCUT2D eigenvalue weighted by Gasteiger charge is 2.42. The minimum Gasteiger partial charge on any atom is -0.481 e. The van der Waals surface area contributed by atoms with Gasteiger partial charge < -0.3 is 5.11 Å². The number of hydrazine groups is 1. The van der Waals surface area contributed by atoms with Gasteiger partial charge in [0.05, 0.1) is 17.0 Å². The zero-order chi connectivity index (χ0) is 14.3. The number of carboxylic acid groups (broad SMARTS) is 1. The zero-order valence-electron chi connectivity index (χ0n) is 10.8. The summed E-state index contributed by atoms with van der Waals surface area (Å²) in [4.78, 5) is 11.1. The van der Waals surface area contributed by atoms with Crippen LogP contribution in [0.25, 0.3) is 0 Å². The number of carboxylic acids is 1. The van der Waals surface area contributed by atoms with Gasteiger partial charge in [-0.25, -0.2) is 9.82 Å². The summed E-state index contributed by atoms with van der Waals surface area (Å²) in [7, 11) is 0. The van der Waals surface area contributed by atoms with Gasteiger partial charge in [0.2, 0.25) is 0 Å². The Bertz CT molecular complexity index is 540. The normalized spacial score (nSPS) is 32.9. The van der Waals surface area contributed by atoms with Crippen molar-refractivity contribution in [2.24, 2.45) is 11.8 Å². The van der Waals surface area contributed by atoms with Crippen LogP contribution < -0.4 is 10.9 Å². The van der Waals surface area contributed by atoms with Gasteiger partial charge in [0, 0.05) is 6.04 Å². The molecule has 3 rings (SSSR count). The molecule has 1 aliphatic heterocycles. The minimum absolute atomic E-state index is 0.0489. The molecule has 1 saturated heterocycles. The summed E-state index contributed by atoms with van der Waals surface area (Å²) in [6.07, 6.45) is 2.14. The third-order valence-corrected chi connectivity index (χ3v) is 4.70. The Balaban J connectivity index is 1.77.